The van der Waals surface area contributed by atoms with Crippen LogP contribution in [0.3, 0.4) is 0 Å². The van der Waals surface area contributed by atoms with Crippen LogP contribution < -0.4 is 4.74 Å². The van der Waals surface area contributed by atoms with E-state index in [4.69, 9.17) is 16.3 Å². The number of para-hydroxylation sites is 1. The fourth-order valence-electron chi connectivity index (χ4n) is 4.71. The third kappa shape index (κ3) is 4.62. The van der Waals surface area contributed by atoms with Crippen LogP contribution in [-0.4, -0.2) is 39.7 Å². The van der Waals surface area contributed by atoms with Crippen molar-refractivity contribution in [3.05, 3.63) is 94.3 Å². The largest absolute Gasteiger partial charge is 0.504 e. The number of phenolic OH excluding ortho intramolecular Hbond substituents is 1. The van der Waals surface area contributed by atoms with Crippen molar-refractivity contribution in [1.29, 1.82) is 0 Å². The van der Waals surface area contributed by atoms with E-state index in [1.165, 1.54) is 0 Å². The van der Waals surface area contributed by atoms with Gasteiger partial charge in [-0.25, -0.2) is 0 Å². The van der Waals surface area contributed by atoms with E-state index in [2.05, 4.69) is 22.0 Å². The second kappa shape index (κ2) is 9.18. The first-order valence-electron chi connectivity index (χ1n) is 11.4. The van der Waals surface area contributed by atoms with Crippen molar-refractivity contribution in [3.8, 4) is 11.5 Å². The maximum atomic E-state index is 11.1. The molecule has 2 aliphatic rings. The first-order chi connectivity index (χ1) is 16.0. The van der Waals surface area contributed by atoms with Gasteiger partial charge in [-0.05, 0) is 60.7 Å². The maximum Gasteiger partial charge on any atom is 0.172 e. The molecule has 0 aliphatic carbocycles. The van der Waals surface area contributed by atoms with Gasteiger partial charge in [-0.15, -0.1) is 0 Å². The van der Waals surface area contributed by atoms with Gasteiger partial charge >= 0.3 is 0 Å². The topological polar surface area (TPSA) is 65.8 Å². The number of fused-ring (bicyclic) bond motifs is 2. The number of aromatic hydroxyl groups is 1. The van der Waals surface area contributed by atoms with Gasteiger partial charge < -0.3 is 19.8 Å². The first-order valence-corrected chi connectivity index (χ1v) is 11.7. The normalized spacial score (nSPS) is 18.8. The molecule has 2 aromatic carbocycles. The number of likely N-dealkylation sites (tertiary alicyclic amines) is 1. The Morgan fingerprint density at radius 1 is 1.03 bits per heavy atom. The number of rotatable bonds is 4. The summed E-state index contributed by atoms with van der Waals surface area (Å²) in [6.45, 7) is 2.50. The standard InChI is InChI=1S/C27H27ClN2O3/c28-22-10-8-21(9-11-22)27(32)12-16-30(17-13-27)15-3-7-24-25-19(5-2-14-29-25)18-20-4-1-6-23(31)26(20)33-24/h1-2,4-11,14,31-32H,3,12-13,15-18H2. The molecule has 6 heteroatoms. The lowest BCUT2D eigenvalue weighted by molar-refractivity contribution is -0.0254. The minimum Gasteiger partial charge on any atom is -0.504 e. The lowest BCUT2D eigenvalue weighted by Crippen LogP contribution is -2.42. The van der Waals surface area contributed by atoms with Crippen molar-refractivity contribution < 1.29 is 14.9 Å². The number of benzene rings is 2. The Kier molecular flexibility index (Phi) is 6.11. The van der Waals surface area contributed by atoms with Crippen molar-refractivity contribution in [3.63, 3.8) is 0 Å². The van der Waals surface area contributed by atoms with Crippen LogP contribution in [0.15, 0.2) is 66.9 Å². The minimum atomic E-state index is -0.798. The fraction of sp³-hybridized carbons (Fsp3) is 0.296. The summed E-state index contributed by atoms with van der Waals surface area (Å²) in [4.78, 5) is 6.93. The molecule has 33 heavy (non-hydrogen) atoms. The number of hydrogen-bond donors (Lipinski definition) is 2. The van der Waals surface area contributed by atoms with E-state index in [0.717, 1.165) is 48.4 Å². The summed E-state index contributed by atoms with van der Waals surface area (Å²) in [5, 5.41) is 22.1. The van der Waals surface area contributed by atoms with Gasteiger partial charge in [0.05, 0.1) is 5.60 Å². The Labute approximate surface area is 198 Å². The molecule has 3 heterocycles. The van der Waals surface area contributed by atoms with Gasteiger partial charge in [-0.3, -0.25) is 4.98 Å². The van der Waals surface area contributed by atoms with E-state index < -0.39 is 5.60 Å². The van der Waals surface area contributed by atoms with Gasteiger partial charge in [-0.2, -0.15) is 0 Å². The monoisotopic (exact) mass is 462 g/mol. The molecule has 1 aromatic heterocycles. The van der Waals surface area contributed by atoms with E-state index >= 15 is 0 Å². The van der Waals surface area contributed by atoms with Crippen LogP contribution in [-0.2, 0) is 12.0 Å². The van der Waals surface area contributed by atoms with Crippen molar-refractivity contribution in [2.75, 3.05) is 19.6 Å². The zero-order chi connectivity index (χ0) is 22.8. The molecule has 0 unspecified atom stereocenters. The lowest BCUT2D eigenvalue weighted by Gasteiger charge is -2.38. The molecule has 0 spiro atoms. The third-order valence-corrected chi connectivity index (χ3v) is 6.89. The number of hydrogen-bond acceptors (Lipinski definition) is 5. The summed E-state index contributed by atoms with van der Waals surface area (Å²) in [5.41, 5.74) is 2.99. The Morgan fingerprint density at radius 3 is 2.58 bits per heavy atom. The summed E-state index contributed by atoms with van der Waals surface area (Å²) < 4.78 is 6.18. The number of aliphatic hydroxyl groups is 1. The third-order valence-electron chi connectivity index (χ3n) is 6.63. The van der Waals surface area contributed by atoms with Gasteiger partial charge in [-0.1, -0.05) is 41.9 Å². The van der Waals surface area contributed by atoms with E-state index in [1.807, 2.05) is 42.5 Å². The fourth-order valence-corrected chi connectivity index (χ4v) is 4.83. The second-order valence-corrected chi connectivity index (χ2v) is 9.23. The van der Waals surface area contributed by atoms with Crippen LogP contribution in [0.4, 0.5) is 0 Å². The SMILES string of the molecule is Oc1cccc2c1OC(=CCCN1CCC(O)(c3ccc(Cl)cc3)CC1)c1ncccc1C2. The number of aromatic nitrogens is 1. The van der Waals surface area contributed by atoms with E-state index in [9.17, 15) is 10.2 Å². The maximum absolute atomic E-state index is 11.1. The molecule has 1 fully saturated rings. The summed E-state index contributed by atoms with van der Waals surface area (Å²) in [6, 6.07) is 17.0. The number of piperidine rings is 1. The molecule has 5 rings (SSSR count). The van der Waals surface area contributed by atoms with Gasteiger partial charge in [0.15, 0.2) is 11.5 Å². The number of nitrogens with zero attached hydrogens (tertiary/aromatic N) is 2. The molecule has 3 aromatic rings. The Hall–Kier alpha value is -2.86. The van der Waals surface area contributed by atoms with E-state index in [0.29, 0.717) is 35.8 Å². The second-order valence-electron chi connectivity index (χ2n) is 8.79. The number of pyridine rings is 1. The zero-order valence-corrected chi connectivity index (χ0v) is 19.1. The molecule has 1 saturated heterocycles. The molecular formula is C27H27ClN2O3. The van der Waals surface area contributed by atoms with Crippen LogP contribution in [0.5, 0.6) is 11.5 Å². The quantitative estimate of drug-likeness (QED) is 0.562. The summed E-state index contributed by atoms with van der Waals surface area (Å²) in [7, 11) is 0. The Balaban J connectivity index is 1.27. The molecule has 0 amide bonds. The highest BCUT2D eigenvalue weighted by Crippen LogP contribution is 2.39. The highest BCUT2D eigenvalue weighted by molar-refractivity contribution is 6.30. The zero-order valence-electron chi connectivity index (χ0n) is 18.4. The summed E-state index contributed by atoms with van der Waals surface area (Å²) >= 11 is 5.99. The van der Waals surface area contributed by atoms with Gasteiger partial charge in [0.25, 0.3) is 0 Å². The predicted octanol–water partition coefficient (Wildman–Crippen LogP) is 5.14. The average molecular weight is 463 g/mol. The molecule has 0 radical (unpaired) electrons. The highest BCUT2D eigenvalue weighted by atomic mass is 35.5. The van der Waals surface area contributed by atoms with Crippen molar-refractivity contribution >= 4 is 17.4 Å². The van der Waals surface area contributed by atoms with Crippen LogP contribution in [0, 0.1) is 0 Å². The number of phenols is 1. The first kappa shape index (κ1) is 22.0. The van der Waals surface area contributed by atoms with Crippen molar-refractivity contribution in [2.24, 2.45) is 0 Å². The minimum absolute atomic E-state index is 0.142. The van der Waals surface area contributed by atoms with Crippen molar-refractivity contribution in [2.45, 2.75) is 31.3 Å². The summed E-state index contributed by atoms with van der Waals surface area (Å²) in [6.07, 6.45) is 6.66. The van der Waals surface area contributed by atoms with Gasteiger partial charge in [0.1, 0.15) is 11.5 Å². The molecule has 170 valence electrons. The number of ether oxygens (including phenoxy) is 1. The van der Waals surface area contributed by atoms with E-state index in [-0.39, 0.29) is 5.75 Å². The van der Waals surface area contributed by atoms with Gasteiger partial charge in [0.2, 0.25) is 0 Å². The highest BCUT2D eigenvalue weighted by Gasteiger charge is 2.33. The number of halogens is 1. The lowest BCUT2D eigenvalue weighted by atomic mass is 9.84. The molecule has 5 nitrogen and oxygen atoms in total. The Bertz CT molecular complexity index is 1170. The molecule has 2 N–H and O–H groups in total. The van der Waals surface area contributed by atoms with E-state index in [1.54, 1.807) is 12.3 Å². The molecular weight excluding hydrogens is 436 g/mol. The predicted molar refractivity (Wildman–Crippen MR) is 129 cm³/mol. The smallest absolute Gasteiger partial charge is 0.172 e. The average Bonchev–Trinajstić information content (AvgIpc) is 2.98. The molecule has 2 aliphatic heterocycles. The van der Waals surface area contributed by atoms with Crippen LogP contribution >= 0.6 is 11.6 Å². The van der Waals surface area contributed by atoms with Crippen LogP contribution in [0.2, 0.25) is 5.02 Å². The molecule has 0 bridgehead atoms. The van der Waals surface area contributed by atoms with Gasteiger partial charge in [0, 0.05) is 42.8 Å². The van der Waals surface area contributed by atoms with Crippen molar-refractivity contribution in [1.82, 2.24) is 9.88 Å². The Morgan fingerprint density at radius 2 is 1.79 bits per heavy atom. The van der Waals surface area contributed by atoms with Crippen LogP contribution in [0.1, 0.15) is 41.6 Å². The molecule has 0 atom stereocenters. The summed E-state index contributed by atoms with van der Waals surface area (Å²) in [5.74, 6) is 1.33. The molecule has 0 saturated carbocycles. The van der Waals surface area contributed by atoms with Crippen LogP contribution in [0.25, 0.3) is 5.76 Å².